The Morgan fingerprint density at radius 3 is 2.59 bits per heavy atom. The molecule has 0 aromatic carbocycles. The molecule has 0 heterocycles. The van der Waals surface area contributed by atoms with Gasteiger partial charge in [-0.1, -0.05) is 26.0 Å². The van der Waals surface area contributed by atoms with Crippen LogP contribution in [0.4, 0.5) is 0 Å². The minimum Gasteiger partial charge on any atom is -0.389 e. The maximum Gasteiger partial charge on any atom is 0.0726 e. The number of aliphatic hydroxyl groups is 1. The second-order valence-corrected chi connectivity index (χ2v) is 8.08. The fraction of sp³-hybridized carbons (Fsp3) is 0.875. The van der Waals surface area contributed by atoms with Crippen molar-refractivity contribution in [1.82, 2.24) is 0 Å². The number of fused-ring (bicyclic) bond motifs is 1. The molecule has 11 atom stereocenters. The summed E-state index contributed by atoms with van der Waals surface area (Å²) >= 11 is 0. The molecule has 6 fully saturated rings. The highest BCUT2D eigenvalue weighted by molar-refractivity contribution is 5.52. The van der Waals surface area contributed by atoms with Crippen LogP contribution in [0.1, 0.15) is 20.3 Å². The van der Waals surface area contributed by atoms with E-state index in [9.17, 15) is 5.11 Å². The Kier molecular flexibility index (Phi) is 1.00. The van der Waals surface area contributed by atoms with Crippen LogP contribution in [-0.2, 0) is 0 Å². The van der Waals surface area contributed by atoms with E-state index in [0.29, 0.717) is 10.8 Å². The topological polar surface area (TPSA) is 20.2 Å². The van der Waals surface area contributed by atoms with Crippen LogP contribution >= 0.6 is 0 Å². The molecule has 1 heteroatoms. The van der Waals surface area contributed by atoms with Crippen LogP contribution in [-0.4, -0.2) is 11.2 Å². The van der Waals surface area contributed by atoms with E-state index in [1.165, 1.54) is 0 Å². The van der Waals surface area contributed by atoms with Gasteiger partial charge in [-0.2, -0.15) is 0 Å². The van der Waals surface area contributed by atoms with Gasteiger partial charge in [-0.05, 0) is 59.2 Å². The SMILES string of the molecule is C[C@@H]1[C@H](C)[C@H]2[C@@H]3[C@@H]4[C@@H]3[C@@H]3[C@]5(C=C[C@H](O)C[C@]235)[C@@H]14. The quantitative estimate of drug-likeness (QED) is 0.631. The molecule has 1 nitrogen and oxygen atoms in total. The lowest BCUT2D eigenvalue weighted by atomic mass is 9.49. The molecule has 90 valence electrons. The van der Waals surface area contributed by atoms with Crippen LogP contribution in [0.25, 0.3) is 0 Å². The van der Waals surface area contributed by atoms with Crippen molar-refractivity contribution >= 4 is 0 Å². The average Bonchev–Trinajstić information content (AvgIpc) is 3.07. The van der Waals surface area contributed by atoms with Gasteiger partial charge >= 0.3 is 0 Å². The van der Waals surface area contributed by atoms with Crippen LogP contribution in [0.3, 0.4) is 0 Å². The van der Waals surface area contributed by atoms with E-state index in [1.807, 2.05) is 0 Å². The lowest BCUT2D eigenvalue weighted by molar-refractivity contribution is -0.0704. The van der Waals surface area contributed by atoms with Crippen LogP contribution in [0, 0.1) is 58.2 Å². The highest BCUT2D eigenvalue weighted by atomic mass is 16.3. The van der Waals surface area contributed by atoms with Crippen molar-refractivity contribution in [2.24, 2.45) is 58.2 Å². The smallest absolute Gasteiger partial charge is 0.0726 e. The maximum absolute atomic E-state index is 10.1. The molecule has 0 amide bonds. The van der Waals surface area contributed by atoms with Crippen LogP contribution < -0.4 is 0 Å². The minimum atomic E-state index is -0.133. The second-order valence-electron chi connectivity index (χ2n) is 8.08. The van der Waals surface area contributed by atoms with Crippen molar-refractivity contribution in [3.8, 4) is 0 Å². The van der Waals surface area contributed by atoms with E-state index in [2.05, 4.69) is 26.0 Å². The van der Waals surface area contributed by atoms with Gasteiger partial charge in [0, 0.05) is 5.41 Å². The fourth-order valence-electron chi connectivity index (χ4n) is 8.52. The van der Waals surface area contributed by atoms with E-state index < -0.39 is 0 Å². The van der Waals surface area contributed by atoms with E-state index in [-0.39, 0.29) is 6.10 Å². The molecule has 0 aromatic rings. The normalized spacial score (nSPS) is 83.6. The molecule has 2 spiro atoms. The summed E-state index contributed by atoms with van der Waals surface area (Å²) in [5, 5.41) is 10.1. The molecule has 7 rings (SSSR count). The Morgan fingerprint density at radius 2 is 1.76 bits per heavy atom. The summed E-state index contributed by atoms with van der Waals surface area (Å²) in [5.41, 5.74) is 1.18. The zero-order valence-electron chi connectivity index (χ0n) is 10.5. The molecule has 0 aromatic heterocycles. The summed E-state index contributed by atoms with van der Waals surface area (Å²) in [7, 11) is 0. The fourth-order valence-corrected chi connectivity index (χ4v) is 8.52. The van der Waals surface area contributed by atoms with Crippen molar-refractivity contribution in [1.29, 1.82) is 0 Å². The minimum absolute atomic E-state index is 0.133. The van der Waals surface area contributed by atoms with E-state index >= 15 is 0 Å². The Labute approximate surface area is 102 Å². The second kappa shape index (κ2) is 1.95. The maximum atomic E-state index is 10.1. The third-order valence-corrected chi connectivity index (χ3v) is 8.45. The Hall–Kier alpha value is -0.300. The van der Waals surface area contributed by atoms with Gasteiger partial charge in [0.1, 0.15) is 0 Å². The highest BCUT2D eigenvalue weighted by Crippen LogP contribution is 3.04. The summed E-state index contributed by atoms with van der Waals surface area (Å²) in [5.74, 6) is 8.12. The van der Waals surface area contributed by atoms with E-state index in [1.54, 1.807) is 0 Å². The van der Waals surface area contributed by atoms with Gasteiger partial charge in [0.05, 0.1) is 6.10 Å². The molecule has 2 bridgehead atoms. The molecule has 17 heavy (non-hydrogen) atoms. The van der Waals surface area contributed by atoms with Gasteiger partial charge in [0.25, 0.3) is 0 Å². The van der Waals surface area contributed by atoms with Crippen LogP contribution in [0.15, 0.2) is 12.2 Å². The predicted molar refractivity (Wildman–Crippen MR) is 63.9 cm³/mol. The number of allylic oxidation sites excluding steroid dienone is 1. The van der Waals surface area contributed by atoms with Crippen molar-refractivity contribution < 1.29 is 5.11 Å². The summed E-state index contributed by atoms with van der Waals surface area (Å²) in [4.78, 5) is 0. The van der Waals surface area contributed by atoms with Gasteiger partial charge in [-0.25, -0.2) is 0 Å². The largest absolute Gasteiger partial charge is 0.389 e. The standard InChI is InChI=1S/C16H20O/c1-6-7(2)13-10-9-11(10)14-15(12(6)9)4-3-8(17)5-16(13,14)15/h3-4,6-14,17H,5H2,1-2H3/t6-,7+,8+,9-,10-,11+,12+,13+,14-,15+,16+/m1/s1. The Bertz CT molecular complexity index is 496. The van der Waals surface area contributed by atoms with Gasteiger partial charge in [0.2, 0.25) is 0 Å². The number of rotatable bonds is 0. The summed E-state index contributed by atoms with van der Waals surface area (Å²) < 4.78 is 0. The summed E-state index contributed by atoms with van der Waals surface area (Å²) in [6.07, 6.45) is 5.60. The molecule has 6 saturated carbocycles. The monoisotopic (exact) mass is 228 g/mol. The van der Waals surface area contributed by atoms with Gasteiger partial charge in [-0.3, -0.25) is 0 Å². The lowest BCUT2D eigenvalue weighted by Crippen LogP contribution is -2.52. The number of hydrogen-bond donors (Lipinski definition) is 1. The molecule has 0 radical (unpaired) electrons. The predicted octanol–water partition coefficient (Wildman–Crippen LogP) is 2.32. The molecular weight excluding hydrogens is 208 g/mol. The van der Waals surface area contributed by atoms with Crippen molar-refractivity contribution in [2.75, 3.05) is 0 Å². The summed E-state index contributed by atoms with van der Waals surface area (Å²) in [6.45, 7) is 5.03. The molecule has 0 aliphatic heterocycles. The Morgan fingerprint density at radius 1 is 1.06 bits per heavy atom. The highest BCUT2D eigenvalue weighted by Gasteiger charge is 3.01. The first kappa shape index (κ1) is 8.74. The lowest BCUT2D eigenvalue weighted by Gasteiger charge is -2.55. The molecule has 0 unspecified atom stereocenters. The third kappa shape index (κ3) is 0.514. The number of hydrogen-bond acceptors (Lipinski definition) is 1. The third-order valence-electron chi connectivity index (χ3n) is 8.45. The average molecular weight is 228 g/mol. The van der Waals surface area contributed by atoms with Crippen LogP contribution in [0.5, 0.6) is 0 Å². The zero-order valence-corrected chi connectivity index (χ0v) is 10.5. The molecule has 7 aliphatic rings. The molecule has 7 aliphatic carbocycles. The van der Waals surface area contributed by atoms with Crippen molar-refractivity contribution in [3.63, 3.8) is 0 Å². The number of aliphatic hydroxyl groups excluding tert-OH is 1. The first-order valence-corrected chi connectivity index (χ1v) is 7.53. The van der Waals surface area contributed by atoms with E-state index in [4.69, 9.17) is 0 Å². The first-order chi connectivity index (χ1) is 8.16. The van der Waals surface area contributed by atoms with Gasteiger partial charge in [0.15, 0.2) is 0 Å². The van der Waals surface area contributed by atoms with Crippen molar-refractivity contribution in [3.05, 3.63) is 12.2 Å². The zero-order chi connectivity index (χ0) is 11.3. The molecular formula is C16H20O. The van der Waals surface area contributed by atoms with Crippen LogP contribution in [0.2, 0.25) is 0 Å². The molecule has 0 saturated heterocycles. The van der Waals surface area contributed by atoms with Gasteiger partial charge in [-0.15, -0.1) is 0 Å². The van der Waals surface area contributed by atoms with Gasteiger partial charge < -0.3 is 5.11 Å². The summed E-state index contributed by atoms with van der Waals surface area (Å²) in [6, 6.07) is 0. The molecule has 1 N–H and O–H groups in total. The first-order valence-electron chi connectivity index (χ1n) is 7.53. The Balaban J connectivity index is 1.66. The van der Waals surface area contributed by atoms with E-state index in [0.717, 1.165) is 53.8 Å². The van der Waals surface area contributed by atoms with Crippen molar-refractivity contribution in [2.45, 2.75) is 26.4 Å².